The summed E-state index contributed by atoms with van der Waals surface area (Å²) in [6, 6.07) is 11.1. The number of carboxylic acids is 1. The van der Waals surface area contributed by atoms with E-state index >= 15 is 0 Å². The molecule has 2 aliphatic rings. The van der Waals surface area contributed by atoms with Gasteiger partial charge in [-0.1, -0.05) is 24.3 Å². The maximum atomic E-state index is 13.7. The molecule has 2 atom stereocenters. The molecule has 1 N–H and O–H groups in total. The molecule has 0 spiro atoms. The quantitative estimate of drug-likeness (QED) is 0.328. The van der Waals surface area contributed by atoms with E-state index in [0.717, 1.165) is 40.6 Å². The Morgan fingerprint density at radius 2 is 1.98 bits per heavy atom. The number of hydrogen-bond acceptors (Lipinski definition) is 8. The maximum absolute atomic E-state index is 13.7. The van der Waals surface area contributed by atoms with Crippen molar-refractivity contribution in [1.29, 1.82) is 0 Å². The van der Waals surface area contributed by atoms with Crippen LogP contribution < -0.4 is 4.74 Å². The van der Waals surface area contributed by atoms with Gasteiger partial charge in [-0.2, -0.15) is 4.31 Å². The summed E-state index contributed by atoms with van der Waals surface area (Å²) in [7, 11) is -3.92. The number of aliphatic carboxylic acids is 1. The lowest BCUT2D eigenvalue weighted by Crippen LogP contribution is -2.37. The molecule has 1 fully saturated rings. The van der Waals surface area contributed by atoms with Crippen molar-refractivity contribution >= 4 is 27.0 Å². The SMILES string of the molecule is CC[C@@H]1CN(Cc2nc(C(CC(=O)O)c3ccc4c(nnn4C4CC4)c3C)ccc2C)S(=O)(=O)c2cccnc2O1. The number of hydrogen-bond donors (Lipinski definition) is 1. The largest absolute Gasteiger partial charge is 0.481 e. The predicted octanol–water partition coefficient (Wildman–Crippen LogP) is 4.14. The van der Waals surface area contributed by atoms with E-state index in [1.54, 1.807) is 6.07 Å². The van der Waals surface area contributed by atoms with Gasteiger partial charge in [0.2, 0.25) is 15.9 Å². The highest BCUT2D eigenvalue weighted by atomic mass is 32.2. The Bertz CT molecular complexity index is 1750. The number of ether oxygens (including phenoxy) is 1. The second kappa shape index (κ2) is 10.5. The lowest BCUT2D eigenvalue weighted by molar-refractivity contribution is -0.137. The number of aryl methyl sites for hydroxylation is 2. The number of pyridine rings is 2. The van der Waals surface area contributed by atoms with Crippen molar-refractivity contribution in [2.24, 2.45) is 0 Å². The highest BCUT2D eigenvalue weighted by molar-refractivity contribution is 7.89. The fraction of sp³-hybridized carbons (Fsp3) is 0.414. The summed E-state index contributed by atoms with van der Waals surface area (Å²) in [5.74, 6) is -1.41. The number of fused-ring (bicyclic) bond motifs is 2. The zero-order valence-corrected chi connectivity index (χ0v) is 24.0. The Morgan fingerprint density at radius 1 is 1.17 bits per heavy atom. The second-order valence-corrected chi connectivity index (χ2v) is 12.7. The first-order valence-corrected chi connectivity index (χ1v) is 15.3. The van der Waals surface area contributed by atoms with Gasteiger partial charge in [0.25, 0.3) is 0 Å². The molecule has 0 amide bonds. The van der Waals surface area contributed by atoms with Gasteiger partial charge in [-0.05, 0) is 74.1 Å². The van der Waals surface area contributed by atoms with E-state index < -0.39 is 21.9 Å². The number of rotatable bonds is 8. The van der Waals surface area contributed by atoms with E-state index in [9.17, 15) is 18.3 Å². The number of sulfonamides is 1. The first-order valence-electron chi connectivity index (χ1n) is 13.8. The molecule has 1 saturated carbocycles. The van der Waals surface area contributed by atoms with Gasteiger partial charge in [0.1, 0.15) is 16.5 Å². The van der Waals surface area contributed by atoms with Crippen LogP contribution in [-0.2, 0) is 21.4 Å². The van der Waals surface area contributed by atoms with Crippen molar-refractivity contribution < 1.29 is 23.1 Å². The van der Waals surface area contributed by atoms with Crippen LogP contribution in [0, 0.1) is 13.8 Å². The minimum absolute atomic E-state index is 0.0176. The molecule has 4 aromatic rings. The molecule has 6 rings (SSSR count). The average molecular weight is 577 g/mol. The molecular formula is C29H32N6O5S. The number of benzene rings is 1. The fourth-order valence-electron chi connectivity index (χ4n) is 5.46. The van der Waals surface area contributed by atoms with Crippen LogP contribution in [0.2, 0.25) is 0 Å². The summed E-state index contributed by atoms with van der Waals surface area (Å²) in [5, 5.41) is 18.6. The molecule has 4 heterocycles. The normalized spacial score (nSPS) is 19.3. The van der Waals surface area contributed by atoms with E-state index in [4.69, 9.17) is 9.72 Å². The Morgan fingerprint density at radius 3 is 2.71 bits per heavy atom. The zero-order chi connectivity index (χ0) is 28.9. The number of carboxylic acid groups (broad SMARTS) is 1. The van der Waals surface area contributed by atoms with Crippen molar-refractivity contribution in [3.63, 3.8) is 0 Å². The van der Waals surface area contributed by atoms with Crippen molar-refractivity contribution in [1.82, 2.24) is 29.3 Å². The molecule has 3 aromatic heterocycles. The summed E-state index contributed by atoms with van der Waals surface area (Å²) < 4.78 is 36.7. The number of carbonyl (C=O) groups is 1. The van der Waals surface area contributed by atoms with E-state index in [0.29, 0.717) is 23.9 Å². The zero-order valence-electron chi connectivity index (χ0n) is 23.2. The third-order valence-corrected chi connectivity index (χ3v) is 9.81. The van der Waals surface area contributed by atoms with Crippen LogP contribution >= 0.6 is 0 Å². The molecule has 214 valence electrons. The monoisotopic (exact) mass is 576 g/mol. The maximum Gasteiger partial charge on any atom is 0.304 e. The highest BCUT2D eigenvalue weighted by Gasteiger charge is 2.36. The summed E-state index contributed by atoms with van der Waals surface area (Å²) in [4.78, 5) is 21.1. The van der Waals surface area contributed by atoms with Crippen molar-refractivity contribution in [3.8, 4) is 5.88 Å². The van der Waals surface area contributed by atoms with E-state index in [1.165, 1.54) is 16.6 Å². The predicted molar refractivity (Wildman–Crippen MR) is 150 cm³/mol. The van der Waals surface area contributed by atoms with Crippen LogP contribution in [0.1, 0.15) is 72.6 Å². The van der Waals surface area contributed by atoms with Gasteiger partial charge in [-0.15, -0.1) is 5.10 Å². The first-order chi connectivity index (χ1) is 19.7. The molecule has 1 aliphatic heterocycles. The van der Waals surface area contributed by atoms with Crippen LogP contribution in [0.25, 0.3) is 11.0 Å². The van der Waals surface area contributed by atoms with Gasteiger partial charge >= 0.3 is 5.97 Å². The topological polar surface area (TPSA) is 140 Å². The molecule has 0 bridgehead atoms. The molecule has 1 aromatic carbocycles. The minimum atomic E-state index is -3.92. The standard InChI is InChI=1S/C29H32N6O5S/c1-4-20-15-34(41(38,39)26-6-5-13-30-29(26)40-20)16-24-17(2)7-11-23(31-24)22(14-27(36)37)21-10-12-25-28(18(21)3)32-33-35(25)19-8-9-19/h5-7,10-13,19-20,22H,4,8-9,14-16H2,1-3H3,(H,36,37)/t20-,22?/m1/s1. The third kappa shape index (κ3) is 5.06. The Kier molecular flexibility index (Phi) is 6.98. The van der Waals surface area contributed by atoms with Gasteiger partial charge in [0.05, 0.1) is 36.8 Å². The Labute approximate surface area is 238 Å². The van der Waals surface area contributed by atoms with Crippen LogP contribution in [-0.4, -0.2) is 61.4 Å². The number of aromatic nitrogens is 5. The Hall–Kier alpha value is -3.90. The lowest BCUT2D eigenvalue weighted by Gasteiger charge is -2.24. The van der Waals surface area contributed by atoms with Crippen LogP contribution in [0.5, 0.6) is 5.88 Å². The van der Waals surface area contributed by atoms with Gasteiger partial charge in [0.15, 0.2) is 0 Å². The van der Waals surface area contributed by atoms with Crippen molar-refractivity contribution in [3.05, 3.63) is 70.7 Å². The van der Waals surface area contributed by atoms with Gasteiger partial charge < -0.3 is 9.84 Å². The summed E-state index contributed by atoms with van der Waals surface area (Å²) in [5.41, 5.74) is 5.30. The molecule has 11 nitrogen and oxygen atoms in total. The lowest BCUT2D eigenvalue weighted by atomic mass is 9.88. The second-order valence-electron chi connectivity index (χ2n) is 10.8. The smallest absolute Gasteiger partial charge is 0.304 e. The molecular weight excluding hydrogens is 544 g/mol. The summed E-state index contributed by atoms with van der Waals surface area (Å²) in [6.45, 7) is 5.91. The summed E-state index contributed by atoms with van der Waals surface area (Å²) in [6.07, 6.45) is 3.73. The highest BCUT2D eigenvalue weighted by Crippen LogP contribution is 2.39. The van der Waals surface area contributed by atoms with Gasteiger partial charge in [-0.25, -0.2) is 18.1 Å². The molecule has 1 unspecified atom stereocenters. The molecule has 1 aliphatic carbocycles. The molecule has 41 heavy (non-hydrogen) atoms. The van der Waals surface area contributed by atoms with Gasteiger partial charge in [0, 0.05) is 17.8 Å². The van der Waals surface area contributed by atoms with Crippen LogP contribution in [0.3, 0.4) is 0 Å². The first kappa shape index (κ1) is 27.3. The molecule has 0 saturated heterocycles. The van der Waals surface area contributed by atoms with E-state index in [1.807, 2.05) is 49.7 Å². The van der Waals surface area contributed by atoms with Crippen LogP contribution in [0.15, 0.2) is 47.5 Å². The Balaban J connectivity index is 1.39. The minimum Gasteiger partial charge on any atom is -0.481 e. The fourth-order valence-corrected chi connectivity index (χ4v) is 6.96. The van der Waals surface area contributed by atoms with Crippen molar-refractivity contribution in [2.75, 3.05) is 6.54 Å². The molecule has 12 heteroatoms. The average Bonchev–Trinajstić information content (AvgIpc) is 3.71. The summed E-state index contributed by atoms with van der Waals surface area (Å²) >= 11 is 0. The van der Waals surface area contributed by atoms with E-state index in [2.05, 4.69) is 15.3 Å². The van der Waals surface area contributed by atoms with Crippen molar-refractivity contribution in [2.45, 2.75) is 76.0 Å². The third-order valence-electron chi connectivity index (χ3n) is 7.99. The van der Waals surface area contributed by atoms with Gasteiger partial charge in [-0.3, -0.25) is 9.78 Å². The molecule has 0 radical (unpaired) electrons. The van der Waals surface area contributed by atoms with Crippen LogP contribution in [0.4, 0.5) is 0 Å². The number of nitrogens with zero attached hydrogens (tertiary/aromatic N) is 6. The van der Waals surface area contributed by atoms with E-state index in [-0.39, 0.29) is 36.4 Å².